The zero-order valence-corrected chi connectivity index (χ0v) is 16.1. The molecule has 8 heteroatoms. The van der Waals surface area contributed by atoms with Crippen LogP contribution in [0.3, 0.4) is 0 Å². The van der Waals surface area contributed by atoms with Crippen LogP contribution >= 0.6 is 0 Å². The Morgan fingerprint density at radius 1 is 0.935 bits per heavy atom. The van der Waals surface area contributed by atoms with Crippen molar-refractivity contribution in [2.24, 2.45) is 0 Å². The Kier molecular flexibility index (Phi) is 5.58. The van der Waals surface area contributed by atoms with Gasteiger partial charge in [0.25, 0.3) is 5.91 Å². The van der Waals surface area contributed by atoms with E-state index in [9.17, 15) is 9.18 Å². The lowest BCUT2D eigenvalue weighted by molar-refractivity contribution is 0.102. The number of rotatable bonds is 5. The maximum absolute atomic E-state index is 13.3. The second-order valence-corrected chi connectivity index (χ2v) is 6.48. The third-order valence-corrected chi connectivity index (χ3v) is 4.40. The number of hydrogen-bond donors (Lipinski definition) is 2. The Hall–Kier alpha value is -4.64. The number of hydrogen-bond acceptors (Lipinski definition) is 6. The highest BCUT2D eigenvalue weighted by Gasteiger charge is 2.12. The maximum Gasteiger partial charge on any atom is 0.255 e. The number of aromatic nitrogens is 3. The molecule has 0 aliphatic heterocycles. The van der Waals surface area contributed by atoms with E-state index in [2.05, 4.69) is 25.6 Å². The molecule has 4 rings (SSSR count). The zero-order chi connectivity index (χ0) is 21.6. The summed E-state index contributed by atoms with van der Waals surface area (Å²) in [6, 6.07) is 16.2. The molecule has 4 aromatic rings. The number of benzene rings is 1. The first kappa shape index (κ1) is 19.7. The van der Waals surface area contributed by atoms with E-state index in [1.165, 1.54) is 30.7 Å². The Balaban J connectivity index is 1.54. The van der Waals surface area contributed by atoms with Crippen molar-refractivity contribution in [3.63, 3.8) is 0 Å². The van der Waals surface area contributed by atoms with Crippen LogP contribution < -0.4 is 10.6 Å². The van der Waals surface area contributed by atoms with Gasteiger partial charge in [0.1, 0.15) is 23.5 Å². The van der Waals surface area contributed by atoms with Crippen LogP contribution in [0, 0.1) is 17.1 Å². The zero-order valence-electron chi connectivity index (χ0n) is 16.1. The first-order chi connectivity index (χ1) is 15.1. The van der Waals surface area contributed by atoms with Crippen LogP contribution in [0.25, 0.3) is 11.1 Å². The Labute approximate surface area is 177 Å². The van der Waals surface area contributed by atoms with E-state index < -0.39 is 0 Å². The molecule has 0 saturated carbocycles. The topological polar surface area (TPSA) is 104 Å². The number of nitrogens with one attached hydrogen (secondary N) is 2. The fourth-order valence-corrected chi connectivity index (χ4v) is 2.88. The Morgan fingerprint density at radius 2 is 1.77 bits per heavy atom. The molecule has 0 aliphatic carbocycles. The van der Waals surface area contributed by atoms with Crippen molar-refractivity contribution in [1.82, 2.24) is 15.0 Å². The van der Waals surface area contributed by atoms with Crippen molar-refractivity contribution in [2.75, 3.05) is 10.6 Å². The molecule has 0 fully saturated rings. The average molecular weight is 410 g/mol. The quantitative estimate of drug-likeness (QED) is 0.500. The molecule has 31 heavy (non-hydrogen) atoms. The normalized spacial score (nSPS) is 10.2. The fraction of sp³-hybridized carbons (Fsp3) is 0. The van der Waals surface area contributed by atoms with Gasteiger partial charge in [-0.25, -0.2) is 14.4 Å². The lowest BCUT2D eigenvalue weighted by Crippen LogP contribution is -2.13. The average Bonchev–Trinajstić information content (AvgIpc) is 2.81. The van der Waals surface area contributed by atoms with E-state index in [4.69, 9.17) is 5.26 Å². The van der Waals surface area contributed by atoms with E-state index in [1.807, 2.05) is 6.07 Å². The summed E-state index contributed by atoms with van der Waals surface area (Å²) in [5, 5.41) is 14.7. The van der Waals surface area contributed by atoms with Crippen molar-refractivity contribution in [3.05, 3.63) is 96.3 Å². The Morgan fingerprint density at radius 3 is 2.52 bits per heavy atom. The predicted octanol–water partition coefficient (Wildman–Crippen LogP) is 4.55. The van der Waals surface area contributed by atoms with Crippen LogP contribution in [0.5, 0.6) is 0 Å². The Bertz CT molecular complexity index is 1270. The van der Waals surface area contributed by atoms with Crippen molar-refractivity contribution < 1.29 is 9.18 Å². The van der Waals surface area contributed by atoms with Crippen molar-refractivity contribution in [2.45, 2.75) is 0 Å². The molecule has 1 aromatic carbocycles. The van der Waals surface area contributed by atoms with Gasteiger partial charge in [-0.15, -0.1) is 0 Å². The molecule has 150 valence electrons. The van der Waals surface area contributed by atoms with Gasteiger partial charge in [-0.2, -0.15) is 5.26 Å². The molecule has 3 aromatic heterocycles. The van der Waals surface area contributed by atoms with Crippen molar-refractivity contribution >= 4 is 23.2 Å². The van der Waals surface area contributed by atoms with Gasteiger partial charge in [0.05, 0.1) is 17.4 Å². The highest BCUT2D eigenvalue weighted by molar-refractivity contribution is 6.06. The SMILES string of the molecule is N#Cc1ccc(Nc2cc(C(=O)Nc3cnccc3-c3ccc(F)cc3)ccn2)nc1. The summed E-state index contributed by atoms with van der Waals surface area (Å²) in [7, 11) is 0. The van der Waals surface area contributed by atoms with Gasteiger partial charge in [0.2, 0.25) is 0 Å². The summed E-state index contributed by atoms with van der Waals surface area (Å²) in [6.07, 6.45) is 6.09. The first-order valence-corrected chi connectivity index (χ1v) is 9.23. The molecule has 0 aliphatic rings. The standard InChI is InChI=1S/C23H15FN6O/c24-18-4-2-16(3-5-18)19-8-9-26-14-20(19)29-23(31)17-7-10-27-22(11-17)30-21-6-1-15(12-25)13-28-21/h1-11,13-14H,(H,29,31)(H,27,28,30). The molecule has 2 N–H and O–H groups in total. The summed E-state index contributed by atoms with van der Waals surface area (Å²) in [4.78, 5) is 25.2. The minimum absolute atomic E-state index is 0.336. The number of nitrogens with zero attached hydrogens (tertiary/aromatic N) is 4. The van der Waals surface area contributed by atoms with Gasteiger partial charge < -0.3 is 10.6 Å². The van der Waals surface area contributed by atoms with Crippen molar-refractivity contribution in [3.8, 4) is 17.2 Å². The second kappa shape index (κ2) is 8.80. The molecule has 3 heterocycles. The predicted molar refractivity (Wildman–Crippen MR) is 114 cm³/mol. The third-order valence-electron chi connectivity index (χ3n) is 4.40. The monoisotopic (exact) mass is 410 g/mol. The number of nitriles is 1. The molecule has 0 bridgehead atoms. The van der Waals surface area contributed by atoms with Gasteiger partial charge in [-0.3, -0.25) is 9.78 Å². The lowest BCUT2D eigenvalue weighted by atomic mass is 10.1. The molecular formula is C23H15FN6O. The van der Waals surface area contributed by atoms with E-state index >= 15 is 0 Å². The third kappa shape index (κ3) is 4.68. The summed E-state index contributed by atoms with van der Waals surface area (Å²) in [5.74, 6) is 0.233. The fourth-order valence-electron chi connectivity index (χ4n) is 2.88. The van der Waals surface area contributed by atoms with E-state index in [1.54, 1.807) is 48.7 Å². The van der Waals surface area contributed by atoms with E-state index in [0.717, 1.165) is 11.1 Å². The molecule has 7 nitrogen and oxygen atoms in total. The van der Waals surface area contributed by atoms with Gasteiger partial charge in [0.15, 0.2) is 0 Å². The largest absolute Gasteiger partial charge is 0.325 e. The number of halogens is 1. The van der Waals surface area contributed by atoms with Crippen molar-refractivity contribution in [1.29, 1.82) is 5.26 Å². The van der Waals surface area contributed by atoms with Crippen LogP contribution in [0.1, 0.15) is 15.9 Å². The lowest BCUT2D eigenvalue weighted by Gasteiger charge is -2.11. The van der Waals surface area contributed by atoms with Crippen LogP contribution in [-0.2, 0) is 0 Å². The minimum atomic E-state index is -0.352. The number of carbonyl (C=O) groups is 1. The number of amides is 1. The van der Waals surface area contributed by atoms with Gasteiger partial charge in [0, 0.05) is 29.7 Å². The van der Waals surface area contributed by atoms with Gasteiger partial charge in [-0.05, 0) is 48.0 Å². The number of carbonyl (C=O) groups excluding carboxylic acids is 1. The highest BCUT2D eigenvalue weighted by Crippen LogP contribution is 2.27. The summed E-state index contributed by atoms with van der Waals surface area (Å²) in [6.45, 7) is 0. The minimum Gasteiger partial charge on any atom is -0.325 e. The number of anilines is 3. The number of pyridine rings is 3. The molecule has 0 radical (unpaired) electrons. The van der Waals surface area contributed by atoms with Crippen LogP contribution in [-0.4, -0.2) is 20.9 Å². The highest BCUT2D eigenvalue weighted by atomic mass is 19.1. The molecular weight excluding hydrogens is 395 g/mol. The van der Waals surface area contributed by atoms with Gasteiger partial charge in [-0.1, -0.05) is 12.1 Å². The summed E-state index contributed by atoms with van der Waals surface area (Å²) < 4.78 is 13.3. The smallest absolute Gasteiger partial charge is 0.255 e. The molecule has 0 spiro atoms. The summed E-state index contributed by atoms with van der Waals surface area (Å²) in [5.41, 5.74) is 2.79. The molecule has 0 unspecified atom stereocenters. The molecule has 0 saturated heterocycles. The van der Waals surface area contributed by atoms with E-state index in [0.29, 0.717) is 28.5 Å². The van der Waals surface area contributed by atoms with E-state index in [-0.39, 0.29) is 11.7 Å². The maximum atomic E-state index is 13.3. The first-order valence-electron chi connectivity index (χ1n) is 9.23. The second-order valence-electron chi connectivity index (χ2n) is 6.48. The molecule has 0 atom stereocenters. The van der Waals surface area contributed by atoms with Crippen LogP contribution in [0.2, 0.25) is 0 Å². The van der Waals surface area contributed by atoms with Gasteiger partial charge >= 0.3 is 0 Å². The molecule has 1 amide bonds. The summed E-state index contributed by atoms with van der Waals surface area (Å²) >= 11 is 0. The van der Waals surface area contributed by atoms with Crippen LogP contribution in [0.4, 0.5) is 21.7 Å². The van der Waals surface area contributed by atoms with Crippen LogP contribution in [0.15, 0.2) is 79.4 Å².